The van der Waals surface area contributed by atoms with Crippen molar-refractivity contribution in [2.75, 3.05) is 33.4 Å². The first-order valence-corrected chi connectivity index (χ1v) is 7.79. The Morgan fingerprint density at radius 2 is 1.71 bits per heavy atom. The summed E-state index contributed by atoms with van der Waals surface area (Å²) in [4.78, 5) is 23.7. The van der Waals surface area contributed by atoms with Gasteiger partial charge in [-0.1, -0.05) is 12.1 Å². The summed E-state index contributed by atoms with van der Waals surface area (Å²) >= 11 is 0. The van der Waals surface area contributed by atoms with Crippen molar-refractivity contribution in [3.8, 4) is 5.75 Å². The molecule has 0 aromatic heterocycles. The zero-order chi connectivity index (χ0) is 18.0. The summed E-state index contributed by atoms with van der Waals surface area (Å²) in [6.45, 7) is 6.72. The molecule has 0 radical (unpaired) electrons. The van der Waals surface area contributed by atoms with Crippen LogP contribution in [0.4, 0.5) is 4.79 Å². The van der Waals surface area contributed by atoms with Gasteiger partial charge in [0.05, 0.1) is 12.2 Å². The van der Waals surface area contributed by atoms with E-state index in [1.165, 1.54) is 0 Å². The number of amides is 2. The van der Waals surface area contributed by atoms with E-state index in [-0.39, 0.29) is 19.0 Å². The van der Waals surface area contributed by atoms with Gasteiger partial charge in [-0.15, -0.1) is 0 Å². The molecule has 0 atom stereocenters. The molecule has 24 heavy (non-hydrogen) atoms. The van der Waals surface area contributed by atoms with Crippen molar-refractivity contribution in [2.45, 2.75) is 26.4 Å². The van der Waals surface area contributed by atoms with Crippen LogP contribution in [0.2, 0.25) is 0 Å². The molecule has 2 amide bonds. The Morgan fingerprint density at radius 3 is 2.38 bits per heavy atom. The molecule has 0 unspecified atom stereocenters. The molecule has 1 aromatic carbocycles. The Bertz CT molecular complexity index is 540. The lowest BCUT2D eigenvalue weighted by atomic mass is 10.2. The fourth-order valence-electron chi connectivity index (χ4n) is 1.77. The van der Waals surface area contributed by atoms with Gasteiger partial charge in [0.2, 0.25) is 0 Å². The number of methoxy groups -OCH3 is 1. The Hall–Kier alpha value is -2.28. The number of para-hydroxylation sites is 1. The number of alkyl carbamates (subject to hydrolysis) is 1. The highest BCUT2D eigenvalue weighted by atomic mass is 16.6. The molecule has 0 spiro atoms. The van der Waals surface area contributed by atoms with Gasteiger partial charge in [-0.3, -0.25) is 4.79 Å². The van der Waals surface area contributed by atoms with Gasteiger partial charge < -0.3 is 24.8 Å². The maximum atomic E-state index is 12.2. The minimum Gasteiger partial charge on any atom is -0.490 e. The van der Waals surface area contributed by atoms with Crippen LogP contribution in [0.3, 0.4) is 0 Å². The van der Waals surface area contributed by atoms with Crippen molar-refractivity contribution in [3.05, 3.63) is 29.8 Å². The minimum absolute atomic E-state index is 0.269. The van der Waals surface area contributed by atoms with Gasteiger partial charge in [0, 0.05) is 20.2 Å². The number of ether oxygens (including phenoxy) is 3. The van der Waals surface area contributed by atoms with Crippen LogP contribution in [-0.2, 0) is 9.47 Å². The van der Waals surface area contributed by atoms with Crippen molar-refractivity contribution >= 4 is 12.0 Å². The van der Waals surface area contributed by atoms with Gasteiger partial charge in [0.1, 0.15) is 18.0 Å². The van der Waals surface area contributed by atoms with Crippen LogP contribution >= 0.6 is 0 Å². The maximum Gasteiger partial charge on any atom is 0.407 e. The van der Waals surface area contributed by atoms with E-state index < -0.39 is 11.7 Å². The first-order chi connectivity index (χ1) is 11.3. The van der Waals surface area contributed by atoms with Crippen molar-refractivity contribution in [3.63, 3.8) is 0 Å². The smallest absolute Gasteiger partial charge is 0.407 e. The van der Waals surface area contributed by atoms with E-state index in [1.807, 2.05) is 0 Å². The zero-order valence-corrected chi connectivity index (χ0v) is 14.7. The van der Waals surface area contributed by atoms with E-state index in [0.29, 0.717) is 24.5 Å². The van der Waals surface area contributed by atoms with E-state index in [4.69, 9.17) is 14.2 Å². The molecule has 0 aliphatic carbocycles. The zero-order valence-electron chi connectivity index (χ0n) is 14.7. The second kappa shape index (κ2) is 9.77. The average Bonchev–Trinajstić information content (AvgIpc) is 2.50. The normalized spacial score (nSPS) is 10.8. The second-order valence-electron chi connectivity index (χ2n) is 6.02. The molecule has 7 nitrogen and oxygen atoms in total. The summed E-state index contributed by atoms with van der Waals surface area (Å²) in [6, 6.07) is 6.96. The molecule has 0 saturated carbocycles. The van der Waals surface area contributed by atoms with E-state index in [2.05, 4.69) is 10.6 Å². The predicted octanol–water partition coefficient (Wildman–Crippen LogP) is 1.97. The Kier molecular flexibility index (Phi) is 8.05. The van der Waals surface area contributed by atoms with Crippen molar-refractivity contribution in [1.82, 2.24) is 10.6 Å². The largest absolute Gasteiger partial charge is 0.490 e. The van der Waals surface area contributed by atoms with Gasteiger partial charge in [-0.05, 0) is 32.9 Å². The standard InChI is InChI=1S/C17H26N2O5/c1-17(2,3)24-16(21)19-10-9-18-15(20)13-7-5-6-8-14(13)23-12-11-22-4/h5-8H,9-12H2,1-4H3,(H,18,20)(H,19,21). The summed E-state index contributed by atoms with van der Waals surface area (Å²) in [5, 5.41) is 5.31. The highest BCUT2D eigenvalue weighted by Gasteiger charge is 2.16. The molecule has 1 rings (SSSR count). The van der Waals surface area contributed by atoms with Gasteiger partial charge in [-0.25, -0.2) is 4.79 Å². The molecule has 0 heterocycles. The minimum atomic E-state index is -0.550. The molecule has 0 fully saturated rings. The number of rotatable bonds is 8. The molecular weight excluding hydrogens is 312 g/mol. The van der Waals surface area contributed by atoms with Crippen LogP contribution in [0.1, 0.15) is 31.1 Å². The third-order valence-electron chi connectivity index (χ3n) is 2.76. The molecule has 0 bridgehead atoms. The summed E-state index contributed by atoms with van der Waals surface area (Å²) in [7, 11) is 1.58. The molecule has 0 aliphatic rings. The first-order valence-electron chi connectivity index (χ1n) is 7.79. The molecule has 7 heteroatoms. The molecule has 0 aliphatic heterocycles. The van der Waals surface area contributed by atoms with E-state index in [1.54, 1.807) is 52.1 Å². The fourth-order valence-corrected chi connectivity index (χ4v) is 1.77. The van der Waals surface area contributed by atoms with Gasteiger partial charge >= 0.3 is 6.09 Å². The number of benzene rings is 1. The van der Waals surface area contributed by atoms with E-state index in [9.17, 15) is 9.59 Å². The third-order valence-corrected chi connectivity index (χ3v) is 2.76. The number of carbonyl (C=O) groups excluding carboxylic acids is 2. The number of hydrogen-bond donors (Lipinski definition) is 2. The third kappa shape index (κ3) is 7.82. The van der Waals surface area contributed by atoms with Gasteiger partial charge in [-0.2, -0.15) is 0 Å². The summed E-state index contributed by atoms with van der Waals surface area (Å²) < 4.78 is 15.6. The molecular formula is C17H26N2O5. The van der Waals surface area contributed by atoms with Crippen molar-refractivity contribution < 1.29 is 23.8 Å². The quantitative estimate of drug-likeness (QED) is 0.708. The van der Waals surface area contributed by atoms with Crippen LogP contribution in [0.5, 0.6) is 5.75 Å². The van der Waals surface area contributed by atoms with Crippen LogP contribution in [0, 0.1) is 0 Å². The van der Waals surface area contributed by atoms with Crippen LogP contribution in [-0.4, -0.2) is 51.0 Å². The fraction of sp³-hybridized carbons (Fsp3) is 0.529. The summed E-state index contributed by atoms with van der Waals surface area (Å²) in [5.74, 6) is 0.223. The molecule has 1 aromatic rings. The summed E-state index contributed by atoms with van der Waals surface area (Å²) in [5.41, 5.74) is -0.114. The lowest BCUT2D eigenvalue weighted by Crippen LogP contribution is -2.37. The van der Waals surface area contributed by atoms with Gasteiger partial charge in [0.15, 0.2) is 0 Å². The Morgan fingerprint density at radius 1 is 1.04 bits per heavy atom. The Labute approximate surface area is 142 Å². The van der Waals surface area contributed by atoms with Crippen molar-refractivity contribution in [2.24, 2.45) is 0 Å². The maximum absolute atomic E-state index is 12.2. The molecule has 0 saturated heterocycles. The Balaban J connectivity index is 2.41. The number of carbonyl (C=O) groups is 2. The van der Waals surface area contributed by atoms with Crippen LogP contribution in [0.15, 0.2) is 24.3 Å². The highest BCUT2D eigenvalue weighted by Crippen LogP contribution is 2.17. The summed E-state index contributed by atoms with van der Waals surface area (Å²) in [6.07, 6.45) is -0.514. The van der Waals surface area contributed by atoms with E-state index in [0.717, 1.165) is 0 Å². The lowest BCUT2D eigenvalue weighted by Gasteiger charge is -2.19. The number of nitrogens with one attached hydrogen (secondary N) is 2. The van der Waals surface area contributed by atoms with Crippen molar-refractivity contribution in [1.29, 1.82) is 0 Å². The SMILES string of the molecule is COCCOc1ccccc1C(=O)NCCNC(=O)OC(C)(C)C. The molecule has 2 N–H and O–H groups in total. The first kappa shape index (κ1) is 19.8. The highest BCUT2D eigenvalue weighted by molar-refractivity contribution is 5.96. The van der Waals surface area contributed by atoms with Crippen LogP contribution < -0.4 is 15.4 Å². The van der Waals surface area contributed by atoms with Crippen LogP contribution in [0.25, 0.3) is 0 Å². The average molecular weight is 338 g/mol. The van der Waals surface area contributed by atoms with E-state index >= 15 is 0 Å². The second-order valence-corrected chi connectivity index (χ2v) is 6.02. The predicted molar refractivity (Wildman–Crippen MR) is 90.4 cm³/mol. The lowest BCUT2D eigenvalue weighted by molar-refractivity contribution is 0.0526. The molecule has 134 valence electrons. The van der Waals surface area contributed by atoms with Gasteiger partial charge in [0.25, 0.3) is 5.91 Å². The number of hydrogen-bond acceptors (Lipinski definition) is 5. The topological polar surface area (TPSA) is 85.9 Å². The monoisotopic (exact) mass is 338 g/mol.